The Hall–Kier alpha value is 1.10. The van der Waals surface area contributed by atoms with E-state index in [4.69, 9.17) is 0 Å². The normalized spacial score (nSPS) is 10.4. The van der Waals surface area contributed by atoms with Gasteiger partial charge in [-0.15, -0.1) is 17.0 Å². The number of halogens is 1. The predicted molar refractivity (Wildman–Crippen MR) is 34.6 cm³/mol. The van der Waals surface area contributed by atoms with Crippen molar-refractivity contribution in [1.82, 2.24) is 0 Å². The van der Waals surface area contributed by atoms with Crippen molar-refractivity contribution in [2.75, 3.05) is 0 Å². The fourth-order valence-corrected chi connectivity index (χ4v) is 0. The van der Waals surface area contributed by atoms with E-state index in [0.717, 1.165) is 0 Å². The van der Waals surface area contributed by atoms with Gasteiger partial charge >= 0.3 is 49.5 Å². The molecule has 0 rings (SSSR count). The van der Waals surface area contributed by atoms with E-state index in [-0.39, 0.29) is 17.0 Å². The average molecular weight is 217 g/mol. The van der Waals surface area contributed by atoms with Crippen LogP contribution < -0.4 is 0 Å². The first kappa shape index (κ1) is 11.0. The first-order valence-electron chi connectivity index (χ1n) is 2.35. The van der Waals surface area contributed by atoms with Gasteiger partial charge in [0.15, 0.2) is 0 Å². The monoisotopic (exact) mass is 215 g/mol. The van der Waals surface area contributed by atoms with E-state index in [1.165, 1.54) is 23.3 Å². The Morgan fingerprint density at radius 2 is 1.43 bits per heavy atom. The van der Waals surface area contributed by atoms with Crippen molar-refractivity contribution in [3.63, 3.8) is 0 Å². The number of hydrogen-bond donors (Lipinski definition) is 0. The first-order valence-corrected chi connectivity index (χ1v) is 4.45. The topological polar surface area (TPSA) is 0 Å². The second kappa shape index (κ2) is 4.03. The van der Waals surface area contributed by atoms with Crippen molar-refractivity contribution in [2.45, 2.75) is 25.8 Å². The second-order valence-electron chi connectivity index (χ2n) is 2.81. The van der Waals surface area contributed by atoms with Crippen molar-refractivity contribution < 1.29 is 18.3 Å². The van der Waals surface area contributed by atoms with Gasteiger partial charge < -0.3 is 0 Å². The summed E-state index contributed by atoms with van der Waals surface area (Å²) in [6.07, 6.45) is 0. The molecule has 0 aliphatic rings. The fraction of sp³-hybridized carbons (Fsp3) is 1.00. The molecule has 0 radical (unpaired) electrons. The van der Waals surface area contributed by atoms with Gasteiger partial charge in [0.1, 0.15) is 0 Å². The van der Waals surface area contributed by atoms with Gasteiger partial charge in [0.25, 0.3) is 0 Å². The Bertz CT molecular complexity index is 37.8. The van der Waals surface area contributed by atoms with E-state index in [2.05, 4.69) is 20.8 Å². The molecule has 0 aliphatic carbocycles. The van der Waals surface area contributed by atoms with Crippen LogP contribution in [0.1, 0.15) is 20.8 Å². The first-order chi connectivity index (χ1) is 2.56. The minimum absolute atomic E-state index is 0. The summed E-state index contributed by atoms with van der Waals surface area (Å²) < 4.78 is 0. The maximum absolute atomic E-state index is 2.27. The Balaban J connectivity index is 0. The molecule has 0 saturated carbocycles. The molecule has 0 aromatic heterocycles. The second-order valence-corrected chi connectivity index (χ2v) is 3.86. The quantitative estimate of drug-likeness (QED) is 0.547. The van der Waals surface area contributed by atoms with Gasteiger partial charge in [-0.3, -0.25) is 0 Å². The van der Waals surface area contributed by atoms with Crippen LogP contribution in [0.15, 0.2) is 0 Å². The third-order valence-electron chi connectivity index (χ3n) is 0.750. The van der Waals surface area contributed by atoms with E-state index in [1.807, 2.05) is 0 Å². The molecule has 2 heteroatoms. The fourth-order valence-electron chi connectivity index (χ4n) is 0. The predicted octanol–water partition coefficient (Wildman–Crippen LogP) is 2.58. The van der Waals surface area contributed by atoms with Crippen molar-refractivity contribution in [3.05, 3.63) is 0 Å². The van der Waals surface area contributed by atoms with Gasteiger partial charge in [-0.25, -0.2) is 0 Å². The van der Waals surface area contributed by atoms with Crippen LogP contribution in [0.4, 0.5) is 0 Å². The van der Waals surface area contributed by atoms with Crippen molar-refractivity contribution >= 4 is 17.0 Å². The molecule has 0 spiro atoms. The van der Waals surface area contributed by atoms with E-state index in [9.17, 15) is 0 Å². The molecule has 0 atom stereocenters. The minimum atomic E-state index is 0. The Morgan fingerprint density at radius 3 is 1.43 bits per heavy atom. The Kier molecular flexibility index (Phi) is 6.32. The average Bonchev–Trinajstić information content (AvgIpc) is 1.35. The number of rotatable bonds is 0. The van der Waals surface area contributed by atoms with E-state index < -0.39 is 0 Å². The SMILES string of the molecule is Br.CC(C)(C)[CH2][Zn]. The number of hydrogen-bond acceptors (Lipinski definition) is 0. The van der Waals surface area contributed by atoms with E-state index in [0.29, 0.717) is 5.41 Å². The molecule has 0 aromatic carbocycles. The molecule has 0 bridgehead atoms. The van der Waals surface area contributed by atoms with Crippen molar-refractivity contribution in [3.8, 4) is 0 Å². The molecule has 0 saturated heterocycles. The van der Waals surface area contributed by atoms with Gasteiger partial charge in [0.2, 0.25) is 0 Å². The summed E-state index contributed by atoms with van der Waals surface area (Å²) in [5, 5.41) is 1.40. The van der Waals surface area contributed by atoms with Crippen LogP contribution in [0.25, 0.3) is 0 Å². The van der Waals surface area contributed by atoms with Gasteiger partial charge in [-0.1, -0.05) is 0 Å². The standard InChI is InChI=1S/C5H11.BrH.Zn/c1-5(2,3)4;;/h1H2,2-4H3;1H;. The molecular weight excluding hydrogens is 205 g/mol. The zero-order valence-corrected chi connectivity index (χ0v) is 10.0. The van der Waals surface area contributed by atoms with Gasteiger partial charge in [0.05, 0.1) is 0 Å². The van der Waals surface area contributed by atoms with Crippen LogP contribution in [0.5, 0.6) is 0 Å². The zero-order valence-electron chi connectivity index (χ0n) is 5.32. The summed E-state index contributed by atoms with van der Waals surface area (Å²) in [4.78, 5) is 0. The van der Waals surface area contributed by atoms with Gasteiger partial charge in [-0.05, 0) is 0 Å². The molecule has 0 heterocycles. The molecule has 0 nitrogen and oxygen atoms in total. The molecule has 0 aromatic rings. The van der Waals surface area contributed by atoms with Crippen LogP contribution in [0.2, 0.25) is 5.02 Å². The molecular formula is C5H12BrZn. The third kappa shape index (κ3) is 11.0. The summed E-state index contributed by atoms with van der Waals surface area (Å²) in [5.74, 6) is 0. The maximum atomic E-state index is 2.27. The summed E-state index contributed by atoms with van der Waals surface area (Å²) >= 11 is 1.43. The summed E-state index contributed by atoms with van der Waals surface area (Å²) in [6.45, 7) is 6.82. The molecule has 0 fully saturated rings. The van der Waals surface area contributed by atoms with Crippen LogP contribution >= 0.6 is 17.0 Å². The zero-order chi connectivity index (χ0) is 5.21. The molecule has 41 valence electrons. The van der Waals surface area contributed by atoms with Crippen LogP contribution in [-0.2, 0) is 18.3 Å². The van der Waals surface area contributed by atoms with Gasteiger partial charge in [0, 0.05) is 0 Å². The van der Waals surface area contributed by atoms with Crippen LogP contribution in [0, 0.1) is 5.41 Å². The Labute approximate surface area is 66.5 Å². The van der Waals surface area contributed by atoms with Crippen molar-refractivity contribution in [2.24, 2.45) is 5.41 Å². The molecule has 0 N–H and O–H groups in total. The summed E-state index contributed by atoms with van der Waals surface area (Å²) in [5.41, 5.74) is 0.597. The molecule has 0 amide bonds. The molecule has 7 heavy (non-hydrogen) atoms. The summed E-state index contributed by atoms with van der Waals surface area (Å²) in [7, 11) is 0. The van der Waals surface area contributed by atoms with Gasteiger partial charge in [-0.2, -0.15) is 0 Å². The van der Waals surface area contributed by atoms with Crippen LogP contribution in [-0.4, -0.2) is 0 Å². The van der Waals surface area contributed by atoms with E-state index >= 15 is 0 Å². The van der Waals surface area contributed by atoms with E-state index in [1.54, 1.807) is 0 Å². The molecule has 0 aliphatic heterocycles. The third-order valence-corrected chi connectivity index (χ3v) is 3.90. The van der Waals surface area contributed by atoms with Crippen molar-refractivity contribution in [1.29, 1.82) is 0 Å². The summed E-state index contributed by atoms with van der Waals surface area (Å²) in [6, 6.07) is 0. The molecule has 0 unspecified atom stereocenters. The van der Waals surface area contributed by atoms with Crippen LogP contribution in [0.3, 0.4) is 0 Å². The Morgan fingerprint density at radius 1 is 1.29 bits per heavy atom.